The molecule has 9 heteroatoms. The summed E-state index contributed by atoms with van der Waals surface area (Å²) in [7, 11) is -4.28. The molecular weight excluding hydrogens is 312 g/mol. The first-order valence-electron chi connectivity index (χ1n) is 5.90. The molecule has 2 aromatic carbocycles. The van der Waals surface area contributed by atoms with E-state index in [0.29, 0.717) is 0 Å². The molecule has 2 rings (SSSR count). The van der Waals surface area contributed by atoms with Gasteiger partial charge in [0.05, 0.1) is 5.56 Å². The Hall–Kier alpha value is -2.62. The summed E-state index contributed by atoms with van der Waals surface area (Å²) in [6.45, 7) is 0. The van der Waals surface area contributed by atoms with Crippen LogP contribution in [0.1, 0.15) is 10.4 Å². The van der Waals surface area contributed by atoms with Crippen LogP contribution >= 0.6 is 0 Å². The summed E-state index contributed by atoms with van der Waals surface area (Å²) in [5, 5.41) is 23.2. The number of para-hydroxylation sites is 1. The first-order chi connectivity index (χ1) is 10.3. The van der Waals surface area contributed by atoms with Crippen molar-refractivity contribution in [3.05, 3.63) is 48.0 Å². The number of nitrogens with one attached hydrogen (secondary N) is 1. The molecule has 22 heavy (non-hydrogen) atoms. The van der Waals surface area contributed by atoms with Crippen LogP contribution in [0.15, 0.2) is 47.4 Å². The maximum atomic E-state index is 11.7. The van der Waals surface area contributed by atoms with Crippen LogP contribution in [0.5, 0.6) is 11.5 Å². The number of sulfonamides is 1. The first kappa shape index (κ1) is 15.8. The summed E-state index contributed by atoms with van der Waals surface area (Å²) in [6.07, 6.45) is 0. The third kappa shape index (κ3) is 3.34. The number of carboxylic acids is 1. The smallest absolute Gasteiger partial charge is 0.335 e. The van der Waals surface area contributed by atoms with Crippen LogP contribution in [0.4, 0.5) is 5.69 Å². The van der Waals surface area contributed by atoms with Gasteiger partial charge in [-0.25, -0.2) is 18.4 Å². The van der Waals surface area contributed by atoms with E-state index in [4.69, 9.17) is 20.2 Å². The van der Waals surface area contributed by atoms with Gasteiger partial charge in [0.1, 0.15) is 16.3 Å². The molecule has 0 unspecified atom stereocenters. The average molecular weight is 324 g/mol. The Labute approximate surface area is 125 Å². The van der Waals surface area contributed by atoms with E-state index in [-0.39, 0.29) is 22.7 Å². The summed E-state index contributed by atoms with van der Waals surface area (Å²) in [4.78, 5) is 10.5. The van der Waals surface area contributed by atoms with Crippen molar-refractivity contribution < 1.29 is 28.3 Å². The highest BCUT2D eigenvalue weighted by Crippen LogP contribution is 2.36. The largest absolute Gasteiger partial charge is 0.478 e. The van der Waals surface area contributed by atoms with Crippen LogP contribution in [0, 0.1) is 0 Å². The number of benzene rings is 2. The maximum absolute atomic E-state index is 11.7. The van der Waals surface area contributed by atoms with Gasteiger partial charge in [-0.05, 0) is 24.3 Å². The lowest BCUT2D eigenvalue weighted by atomic mass is 10.2. The van der Waals surface area contributed by atoms with Gasteiger partial charge in [0, 0.05) is 0 Å². The standard InChI is InChI=1S/C13H12N2O6S/c14-22(19,20)11-7-8(13(16)17)6-10(15-18)12(11)21-9-4-2-1-3-5-9/h1-7,15,18H,(H,16,17)(H2,14,19,20). The van der Waals surface area contributed by atoms with Gasteiger partial charge in [0.2, 0.25) is 10.0 Å². The molecule has 0 bridgehead atoms. The van der Waals surface area contributed by atoms with Crippen molar-refractivity contribution in [1.82, 2.24) is 0 Å². The number of primary sulfonamides is 1. The van der Waals surface area contributed by atoms with Crippen LogP contribution in [0.2, 0.25) is 0 Å². The summed E-state index contributed by atoms with van der Waals surface area (Å²) in [6, 6.07) is 10.0. The quantitative estimate of drug-likeness (QED) is 0.613. The number of hydrogen-bond donors (Lipinski definition) is 4. The summed E-state index contributed by atoms with van der Waals surface area (Å²) in [5.74, 6) is -1.40. The van der Waals surface area contributed by atoms with Gasteiger partial charge in [-0.1, -0.05) is 18.2 Å². The van der Waals surface area contributed by atoms with Gasteiger partial charge < -0.3 is 9.84 Å². The molecule has 0 aromatic heterocycles. The van der Waals surface area contributed by atoms with Crippen molar-refractivity contribution in [2.45, 2.75) is 4.90 Å². The zero-order valence-corrected chi connectivity index (χ0v) is 11.9. The molecule has 0 amide bonds. The molecule has 0 saturated carbocycles. The van der Waals surface area contributed by atoms with E-state index in [2.05, 4.69) is 0 Å². The Morgan fingerprint density at radius 3 is 2.32 bits per heavy atom. The normalized spacial score (nSPS) is 11.0. The minimum absolute atomic E-state index is 0.243. The Morgan fingerprint density at radius 2 is 1.82 bits per heavy atom. The highest BCUT2D eigenvalue weighted by Gasteiger charge is 2.23. The van der Waals surface area contributed by atoms with Crippen LogP contribution in [0.25, 0.3) is 0 Å². The number of rotatable bonds is 5. The van der Waals surface area contributed by atoms with Gasteiger partial charge in [0.25, 0.3) is 0 Å². The highest BCUT2D eigenvalue weighted by atomic mass is 32.2. The summed E-state index contributed by atoms with van der Waals surface area (Å²) < 4.78 is 28.8. The van der Waals surface area contributed by atoms with Crippen molar-refractivity contribution in [3.8, 4) is 11.5 Å². The summed E-state index contributed by atoms with van der Waals surface area (Å²) >= 11 is 0. The minimum atomic E-state index is -4.28. The van der Waals surface area contributed by atoms with E-state index in [0.717, 1.165) is 12.1 Å². The molecule has 0 heterocycles. The molecule has 0 saturated heterocycles. The zero-order valence-electron chi connectivity index (χ0n) is 11.1. The molecule has 5 N–H and O–H groups in total. The molecule has 0 radical (unpaired) electrons. The number of aromatic carboxylic acids is 1. The molecule has 0 spiro atoms. The molecule has 116 valence electrons. The topological polar surface area (TPSA) is 139 Å². The van der Waals surface area contributed by atoms with Crippen molar-refractivity contribution in [1.29, 1.82) is 0 Å². The van der Waals surface area contributed by atoms with Gasteiger partial charge in [-0.15, -0.1) is 0 Å². The molecule has 0 aliphatic heterocycles. The molecule has 0 atom stereocenters. The van der Waals surface area contributed by atoms with E-state index >= 15 is 0 Å². The lowest BCUT2D eigenvalue weighted by Gasteiger charge is -2.14. The highest BCUT2D eigenvalue weighted by molar-refractivity contribution is 7.89. The fourth-order valence-corrected chi connectivity index (χ4v) is 2.43. The Balaban J connectivity index is 2.67. The van der Waals surface area contributed by atoms with Crippen molar-refractivity contribution >= 4 is 21.7 Å². The van der Waals surface area contributed by atoms with Crippen molar-refractivity contribution in [3.63, 3.8) is 0 Å². The van der Waals surface area contributed by atoms with Crippen molar-refractivity contribution in [2.75, 3.05) is 5.48 Å². The fourth-order valence-electron chi connectivity index (χ4n) is 1.73. The van der Waals surface area contributed by atoms with Crippen molar-refractivity contribution in [2.24, 2.45) is 5.14 Å². The third-order valence-corrected chi connectivity index (χ3v) is 3.61. The lowest BCUT2D eigenvalue weighted by molar-refractivity contribution is 0.0696. The maximum Gasteiger partial charge on any atom is 0.335 e. The number of hydrogen-bond acceptors (Lipinski definition) is 6. The predicted octanol–water partition coefficient (Wildman–Crippen LogP) is 1.63. The van der Waals surface area contributed by atoms with E-state index in [1.165, 1.54) is 0 Å². The first-order valence-corrected chi connectivity index (χ1v) is 7.44. The van der Waals surface area contributed by atoms with Crippen LogP contribution in [-0.2, 0) is 10.0 Å². The average Bonchev–Trinajstić information content (AvgIpc) is 2.47. The fraction of sp³-hybridized carbons (Fsp3) is 0. The van der Waals surface area contributed by atoms with E-state index < -0.39 is 20.9 Å². The summed E-state index contributed by atoms with van der Waals surface area (Å²) in [5.41, 5.74) is 1.10. The predicted molar refractivity (Wildman–Crippen MR) is 76.7 cm³/mol. The molecular formula is C13H12N2O6S. The Bertz CT molecular complexity index is 805. The van der Waals surface area contributed by atoms with Gasteiger partial charge in [0.15, 0.2) is 5.75 Å². The molecule has 2 aromatic rings. The van der Waals surface area contributed by atoms with Crippen LogP contribution in [-0.4, -0.2) is 24.7 Å². The van der Waals surface area contributed by atoms with Gasteiger partial charge in [-0.2, -0.15) is 0 Å². The van der Waals surface area contributed by atoms with E-state index in [1.807, 2.05) is 0 Å². The third-order valence-electron chi connectivity index (χ3n) is 2.69. The second-order valence-corrected chi connectivity index (χ2v) is 5.76. The number of nitrogens with two attached hydrogens (primary N) is 1. The molecule has 0 aliphatic rings. The van der Waals surface area contributed by atoms with Gasteiger partial charge >= 0.3 is 5.97 Å². The number of carbonyl (C=O) groups is 1. The monoisotopic (exact) mass is 324 g/mol. The second-order valence-electron chi connectivity index (χ2n) is 4.23. The number of ether oxygens (including phenoxy) is 1. The van der Waals surface area contributed by atoms with E-state index in [1.54, 1.807) is 35.8 Å². The number of carboxylic acid groups (broad SMARTS) is 1. The minimum Gasteiger partial charge on any atom is -0.478 e. The lowest BCUT2D eigenvalue weighted by Crippen LogP contribution is -2.15. The Morgan fingerprint density at radius 1 is 1.18 bits per heavy atom. The number of anilines is 1. The van der Waals surface area contributed by atoms with Crippen LogP contribution < -0.4 is 15.4 Å². The molecule has 8 nitrogen and oxygen atoms in total. The second kappa shape index (κ2) is 6.02. The van der Waals surface area contributed by atoms with E-state index in [9.17, 15) is 13.2 Å². The SMILES string of the molecule is NS(=O)(=O)c1cc(C(=O)O)cc(NO)c1Oc1ccccc1. The molecule has 0 aliphatic carbocycles. The van der Waals surface area contributed by atoms with Gasteiger partial charge in [-0.3, -0.25) is 10.7 Å². The zero-order chi connectivity index (χ0) is 16.3. The van der Waals surface area contributed by atoms with Crippen LogP contribution in [0.3, 0.4) is 0 Å². The molecule has 0 fully saturated rings. The Kier molecular flexibility index (Phi) is 4.31.